The molecule has 4 rings (SSSR count). The number of rotatable bonds is 7. The first-order valence-electron chi connectivity index (χ1n) is 12.3. The minimum Gasteiger partial charge on any atom is -0.338 e. The van der Waals surface area contributed by atoms with Crippen molar-refractivity contribution in [3.8, 4) is 0 Å². The van der Waals surface area contributed by atoms with Crippen molar-refractivity contribution in [3.05, 3.63) is 41.4 Å². The van der Waals surface area contributed by atoms with E-state index in [1.807, 2.05) is 30.9 Å². The molecule has 2 aliphatic rings. The summed E-state index contributed by atoms with van der Waals surface area (Å²) in [6.45, 7) is 11.3. The molecule has 186 valence electrons. The maximum absolute atomic E-state index is 13.8. The third kappa shape index (κ3) is 5.13. The van der Waals surface area contributed by atoms with Crippen molar-refractivity contribution in [1.29, 1.82) is 0 Å². The molecule has 0 aromatic heterocycles. The Hall–Kier alpha value is -1.67. The van der Waals surface area contributed by atoms with Crippen molar-refractivity contribution in [2.24, 2.45) is 5.92 Å². The number of fused-ring (bicyclic) bond motifs is 1. The maximum Gasteiger partial charge on any atom is 0.243 e. The number of hydrogen-bond acceptors (Lipinski definition) is 4. The summed E-state index contributed by atoms with van der Waals surface area (Å²) in [4.78, 5) is 18.2. The van der Waals surface area contributed by atoms with Crippen molar-refractivity contribution in [2.75, 3.05) is 26.2 Å². The highest BCUT2D eigenvalue weighted by Gasteiger charge is 2.44. The Labute approximate surface area is 208 Å². The van der Waals surface area contributed by atoms with Crippen LogP contribution in [0.3, 0.4) is 0 Å². The van der Waals surface area contributed by atoms with Gasteiger partial charge in [0.05, 0.1) is 4.90 Å². The molecule has 2 aromatic rings. The van der Waals surface area contributed by atoms with Gasteiger partial charge in [-0.3, -0.25) is 4.79 Å². The number of nitrogens with zero attached hydrogens (tertiary/aromatic N) is 3. The number of carbonyl (C=O) groups excluding carboxylic acids is 1. The van der Waals surface area contributed by atoms with E-state index in [0.717, 1.165) is 36.7 Å². The van der Waals surface area contributed by atoms with Gasteiger partial charge in [-0.05, 0) is 74.1 Å². The van der Waals surface area contributed by atoms with Crippen molar-refractivity contribution in [2.45, 2.75) is 70.0 Å². The molecule has 0 N–H and O–H groups in total. The van der Waals surface area contributed by atoms with Gasteiger partial charge >= 0.3 is 0 Å². The zero-order valence-electron chi connectivity index (χ0n) is 20.6. The molecule has 8 heteroatoms. The van der Waals surface area contributed by atoms with Crippen molar-refractivity contribution in [1.82, 2.24) is 14.1 Å². The lowest BCUT2D eigenvalue weighted by Gasteiger charge is -2.39. The first kappa shape index (κ1) is 25.4. The van der Waals surface area contributed by atoms with E-state index in [4.69, 9.17) is 11.6 Å². The smallest absolute Gasteiger partial charge is 0.243 e. The molecule has 0 bridgehead atoms. The van der Waals surface area contributed by atoms with Crippen LogP contribution in [-0.4, -0.2) is 72.7 Å². The summed E-state index contributed by atoms with van der Waals surface area (Å²) in [5.74, 6) is 0.0601. The quantitative estimate of drug-likeness (QED) is 0.551. The molecule has 0 radical (unpaired) electrons. The predicted octanol–water partition coefficient (Wildman–Crippen LogP) is 4.61. The minimum atomic E-state index is -3.84. The summed E-state index contributed by atoms with van der Waals surface area (Å²) < 4.78 is 29.1. The van der Waals surface area contributed by atoms with E-state index in [1.54, 1.807) is 24.3 Å². The van der Waals surface area contributed by atoms with Crippen LogP contribution in [0.5, 0.6) is 0 Å². The van der Waals surface area contributed by atoms with E-state index in [2.05, 4.69) is 18.7 Å². The highest BCUT2D eigenvalue weighted by molar-refractivity contribution is 7.89. The molecule has 0 aliphatic carbocycles. The lowest BCUT2D eigenvalue weighted by molar-refractivity contribution is -0.133. The summed E-state index contributed by atoms with van der Waals surface area (Å²) in [5.41, 5.74) is 0. The molecular formula is C26H36ClN3O3S. The molecule has 2 aromatic carbocycles. The summed E-state index contributed by atoms with van der Waals surface area (Å²) in [7, 11) is -3.84. The Kier molecular flexibility index (Phi) is 7.58. The van der Waals surface area contributed by atoms with Gasteiger partial charge in [-0.1, -0.05) is 37.6 Å². The Morgan fingerprint density at radius 3 is 2.26 bits per heavy atom. The molecule has 6 nitrogen and oxygen atoms in total. The molecule has 34 heavy (non-hydrogen) atoms. The molecule has 2 heterocycles. The van der Waals surface area contributed by atoms with Crippen LogP contribution in [0, 0.1) is 5.92 Å². The van der Waals surface area contributed by atoms with Gasteiger partial charge in [0, 0.05) is 43.3 Å². The average Bonchev–Trinajstić information content (AvgIpc) is 3.17. The monoisotopic (exact) mass is 505 g/mol. The second kappa shape index (κ2) is 10.1. The predicted molar refractivity (Wildman–Crippen MR) is 138 cm³/mol. The van der Waals surface area contributed by atoms with Gasteiger partial charge < -0.3 is 9.80 Å². The number of carbonyl (C=O) groups is 1. The van der Waals surface area contributed by atoms with Gasteiger partial charge in [0.1, 0.15) is 6.04 Å². The van der Waals surface area contributed by atoms with Crippen LogP contribution < -0.4 is 0 Å². The number of sulfonamides is 1. The van der Waals surface area contributed by atoms with E-state index in [9.17, 15) is 13.2 Å². The number of benzene rings is 2. The molecule has 0 saturated carbocycles. The SMILES string of the molecule is CC(C)CN(C1CCN(C2CCN(C(C)C)CC2)C1=O)S(=O)(=O)c1ccc2cc(Cl)ccc2c1. The zero-order valence-corrected chi connectivity index (χ0v) is 22.1. The van der Waals surface area contributed by atoms with E-state index in [1.165, 1.54) is 4.31 Å². The maximum atomic E-state index is 13.8. The molecule has 0 spiro atoms. The number of likely N-dealkylation sites (tertiary alicyclic amines) is 2. The fourth-order valence-electron chi connectivity index (χ4n) is 5.27. The fourth-order valence-corrected chi connectivity index (χ4v) is 7.27. The first-order chi connectivity index (χ1) is 16.1. The van der Waals surface area contributed by atoms with Crippen molar-refractivity contribution >= 4 is 38.3 Å². The van der Waals surface area contributed by atoms with Crippen LogP contribution in [0.15, 0.2) is 41.3 Å². The van der Waals surface area contributed by atoms with Crippen molar-refractivity contribution < 1.29 is 13.2 Å². The first-order valence-corrected chi connectivity index (χ1v) is 14.2. The van der Waals surface area contributed by atoms with Crippen LogP contribution >= 0.6 is 11.6 Å². The Balaban J connectivity index is 1.58. The van der Waals surface area contributed by atoms with Gasteiger partial charge in [0.25, 0.3) is 0 Å². The van der Waals surface area contributed by atoms with E-state index in [-0.39, 0.29) is 22.8 Å². The van der Waals surface area contributed by atoms with Gasteiger partial charge in [0.2, 0.25) is 15.9 Å². The molecule has 2 fully saturated rings. The van der Waals surface area contributed by atoms with Gasteiger partial charge in [-0.25, -0.2) is 8.42 Å². The lowest BCUT2D eigenvalue weighted by Crippen LogP contribution is -2.51. The zero-order chi connectivity index (χ0) is 24.6. The topological polar surface area (TPSA) is 60.9 Å². The Bertz CT molecular complexity index is 1140. The summed E-state index contributed by atoms with van der Waals surface area (Å²) >= 11 is 6.09. The second-order valence-corrected chi connectivity index (χ2v) is 12.6. The number of piperidine rings is 1. The second-order valence-electron chi connectivity index (χ2n) is 10.3. The number of halogens is 1. The molecule has 1 atom stereocenters. The van der Waals surface area contributed by atoms with E-state index >= 15 is 0 Å². The van der Waals surface area contributed by atoms with E-state index < -0.39 is 16.1 Å². The summed E-state index contributed by atoms with van der Waals surface area (Å²) in [5, 5.41) is 2.31. The minimum absolute atomic E-state index is 0.0419. The fraction of sp³-hybridized carbons (Fsp3) is 0.577. The average molecular weight is 506 g/mol. The van der Waals surface area contributed by atoms with Gasteiger partial charge in [-0.2, -0.15) is 4.31 Å². The van der Waals surface area contributed by atoms with Crippen LogP contribution in [0.2, 0.25) is 5.02 Å². The van der Waals surface area contributed by atoms with E-state index in [0.29, 0.717) is 30.6 Å². The molecular weight excluding hydrogens is 470 g/mol. The van der Waals surface area contributed by atoms with Gasteiger partial charge in [0.15, 0.2) is 0 Å². The highest BCUT2D eigenvalue weighted by atomic mass is 35.5. The molecule has 2 saturated heterocycles. The van der Waals surface area contributed by atoms with Gasteiger partial charge in [-0.15, -0.1) is 0 Å². The summed E-state index contributed by atoms with van der Waals surface area (Å²) in [6, 6.07) is 10.6. The van der Waals surface area contributed by atoms with Crippen LogP contribution in [-0.2, 0) is 14.8 Å². The number of amides is 1. The third-order valence-corrected chi connectivity index (χ3v) is 9.26. The Morgan fingerprint density at radius 1 is 0.971 bits per heavy atom. The molecule has 1 unspecified atom stereocenters. The van der Waals surface area contributed by atoms with Crippen LogP contribution in [0.4, 0.5) is 0 Å². The summed E-state index contributed by atoms with van der Waals surface area (Å²) in [6.07, 6.45) is 2.43. The lowest BCUT2D eigenvalue weighted by atomic mass is 10.0. The van der Waals surface area contributed by atoms with Crippen LogP contribution in [0.25, 0.3) is 10.8 Å². The largest absolute Gasteiger partial charge is 0.338 e. The van der Waals surface area contributed by atoms with Crippen LogP contribution in [0.1, 0.15) is 47.0 Å². The molecule has 2 aliphatic heterocycles. The standard InChI is InChI=1S/C26H36ClN3O3S/c1-18(2)17-30(34(32,33)24-8-6-20-15-22(27)7-5-21(20)16-24)25-11-14-29(26(25)31)23-9-12-28(13-10-23)19(3)4/h5-8,15-16,18-19,23,25H,9-14,17H2,1-4H3. The normalized spacial score (nSPS) is 21.0. The number of hydrogen-bond donors (Lipinski definition) is 0. The third-order valence-electron chi connectivity index (χ3n) is 7.15. The highest BCUT2D eigenvalue weighted by Crippen LogP contribution is 2.31. The Morgan fingerprint density at radius 2 is 1.62 bits per heavy atom. The molecule has 1 amide bonds. The van der Waals surface area contributed by atoms with Crippen molar-refractivity contribution in [3.63, 3.8) is 0 Å².